The summed E-state index contributed by atoms with van der Waals surface area (Å²) in [6, 6.07) is 14.7. The Morgan fingerprint density at radius 2 is 2.00 bits per heavy atom. The van der Waals surface area contributed by atoms with Crippen molar-refractivity contribution in [3.8, 4) is 5.69 Å². The Hall–Kier alpha value is -2.17. The first kappa shape index (κ1) is 16.7. The number of benzene rings is 2. The van der Waals surface area contributed by atoms with Gasteiger partial charge in [-0.15, -0.1) is 0 Å². The van der Waals surface area contributed by atoms with Gasteiger partial charge in [0.2, 0.25) is 0 Å². The topological polar surface area (TPSA) is 46.9 Å². The zero-order chi connectivity index (χ0) is 17.1. The van der Waals surface area contributed by atoms with Crippen molar-refractivity contribution < 1.29 is 0 Å². The van der Waals surface area contributed by atoms with Gasteiger partial charge < -0.3 is 5.32 Å². The van der Waals surface area contributed by atoms with Crippen LogP contribution in [0.25, 0.3) is 16.6 Å². The van der Waals surface area contributed by atoms with Gasteiger partial charge in [-0.1, -0.05) is 36.7 Å². The number of aromatic nitrogens is 2. The van der Waals surface area contributed by atoms with Gasteiger partial charge in [0.1, 0.15) is 5.82 Å². The maximum Gasteiger partial charge on any atom is 0.266 e. The number of hydrogen-bond donors (Lipinski definition) is 1. The Kier molecular flexibility index (Phi) is 4.97. The largest absolute Gasteiger partial charge is 0.308 e. The van der Waals surface area contributed by atoms with Gasteiger partial charge >= 0.3 is 0 Å². The van der Waals surface area contributed by atoms with Crippen LogP contribution in [-0.2, 0) is 0 Å². The number of halogens is 1. The highest BCUT2D eigenvalue weighted by Gasteiger charge is 2.17. The van der Waals surface area contributed by atoms with Gasteiger partial charge in [0.15, 0.2) is 0 Å². The van der Waals surface area contributed by atoms with Crippen molar-refractivity contribution in [1.29, 1.82) is 0 Å². The third-order valence-corrected chi connectivity index (χ3v) is 4.19. The summed E-state index contributed by atoms with van der Waals surface area (Å²) in [5.74, 6) is 0.689. The van der Waals surface area contributed by atoms with E-state index >= 15 is 0 Å². The molecule has 0 aliphatic rings. The fourth-order valence-corrected chi connectivity index (χ4v) is 2.94. The lowest BCUT2D eigenvalue weighted by Crippen LogP contribution is -2.30. The molecule has 3 rings (SSSR count). The standard InChI is InChI=1S/C19H20ClN3O/c1-3-11-21-13(2)18-22-17-10-5-4-9-16(17)19(24)23(18)15-8-6-7-14(20)12-15/h4-10,12-13,21H,3,11H2,1-2H3/t13-/m1/s1. The van der Waals surface area contributed by atoms with Gasteiger partial charge in [0, 0.05) is 5.02 Å². The average molecular weight is 342 g/mol. The Morgan fingerprint density at radius 3 is 2.75 bits per heavy atom. The maximum absolute atomic E-state index is 13.1. The van der Waals surface area contributed by atoms with Crippen molar-refractivity contribution in [3.63, 3.8) is 0 Å². The number of para-hydroxylation sites is 1. The molecule has 5 heteroatoms. The third kappa shape index (κ3) is 3.21. The SMILES string of the molecule is CCCN[C@H](C)c1nc2ccccc2c(=O)n1-c1cccc(Cl)c1. The van der Waals surface area contributed by atoms with Gasteiger partial charge in [0.25, 0.3) is 5.56 Å². The minimum Gasteiger partial charge on any atom is -0.308 e. The quantitative estimate of drug-likeness (QED) is 0.760. The van der Waals surface area contributed by atoms with Gasteiger partial charge in [-0.2, -0.15) is 0 Å². The van der Waals surface area contributed by atoms with Gasteiger partial charge in [-0.05, 0) is 50.2 Å². The summed E-state index contributed by atoms with van der Waals surface area (Å²) in [7, 11) is 0. The molecule has 2 aromatic carbocycles. The van der Waals surface area contributed by atoms with Gasteiger partial charge in [0.05, 0.1) is 22.6 Å². The smallest absolute Gasteiger partial charge is 0.266 e. The van der Waals surface area contributed by atoms with Crippen molar-refractivity contribution in [2.24, 2.45) is 0 Å². The highest BCUT2D eigenvalue weighted by atomic mass is 35.5. The first-order valence-corrected chi connectivity index (χ1v) is 8.50. The van der Waals surface area contributed by atoms with Crippen LogP contribution in [-0.4, -0.2) is 16.1 Å². The van der Waals surface area contributed by atoms with Crippen LogP contribution in [0.4, 0.5) is 0 Å². The Bertz CT molecular complexity index is 920. The predicted molar refractivity (Wildman–Crippen MR) is 99.1 cm³/mol. The lowest BCUT2D eigenvalue weighted by Gasteiger charge is -2.19. The van der Waals surface area contributed by atoms with Gasteiger partial charge in [-0.3, -0.25) is 9.36 Å². The van der Waals surface area contributed by atoms with Crippen molar-refractivity contribution >= 4 is 22.5 Å². The summed E-state index contributed by atoms with van der Waals surface area (Å²) < 4.78 is 1.65. The van der Waals surface area contributed by atoms with E-state index in [2.05, 4.69) is 12.2 Å². The molecule has 24 heavy (non-hydrogen) atoms. The molecular formula is C19H20ClN3O. The molecule has 0 bridgehead atoms. The Labute approximate surface area is 146 Å². The summed E-state index contributed by atoms with van der Waals surface area (Å²) in [5.41, 5.74) is 1.36. The van der Waals surface area contributed by atoms with E-state index in [0.29, 0.717) is 21.7 Å². The monoisotopic (exact) mass is 341 g/mol. The fraction of sp³-hybridized carbons (Fsp3) is 0.263. The molecule has 0 fully saturated rings. The normalized spacial score (nSPS) is 12.5. The molecule has 0 aliphatic carbocycles. The second-order valence-electron chi connectivity index (χ2n) is 5.78. The second-order valence-corrected chi connectivity index (χ2v) is 6.22. The third-order valence-electron chi connectivity index (χ3n) is 3.96. The van der Waals surface area contributed by atoms with Crippen molar-refractivity contribution in [2.75, 3.05) is 6.54 Å². The lowest BCUT2D eigenvalue weighted by atomic mass is 10.2. The van der Waals surface area contributed by atoms with Crippen LogP contribution in [0.1, 0.15) is 32.1 Å². The molecule has 0 spiro atoms. The maximum atomic E-state index is 13.1. The van der Waals surface area contributed by atoms with Gasteiger partial charge in [-0.25, -0.2) is 4.98 Å². The second kappa shape index (κ2) is 7.16. The van der Waals surface area contributed by atoms with Crippen molar-refractivity contribution in [2.45, 2.75) is 26.3 Å². The molecule has 0 amide bonds. The van der Waals surface area contributed by atoms with E-state index in [-0.39, 0.29) is 11.6 Å². The molecule has 0 saturated carbocycles. The lowest BCUT2D eigenvalue weighted by molar-refractivity contribution is 0.531. The van der Waals surface area contributed by atoms with Crippen LogP contribution in [0.2, 0.25) is 5.02 Å². The molecule has 3 aromatic rings. The molecule has 1 atom stereocenters. The zero-order valence-electron chi connectivity index (χ0n) is 13.8. The average Bonchev–Trinajstić information content (AvgIpc) is 2.59. The minimum absolute atomic E-state index is 0.0544. The number of nitrogens with zero attached hydrogens (tertiary/aromatic N) is 2. The molecule has 1 aromatic heterocycles. The molecule has 0 aliphatic heterocycles. The first-order chi connectivity index (χ1) is 11.6. The van der Waals surface area contributed by atoms with Crippen LogP contribution in [0.3, 0.4) is 0 Å². The van der Waals surface area contributed by atoms with Crippen LogP contribution in [0, 0.1) is 0 Å². The zero-order valence-corrected chi connectivity index (χ0v) is 14.5. The summed E-state index contributed by atoms with van der Waals surface area (Å²) in [4.78, 5) is 17.8. The summed E-state index contributed by atoms with van der Waals surface area (Å²) in [5, 5.41) is 4.60. The molecular weight excluding hydrogens is 322 g/mol. The number of nitrogens with one attached hydrogen (secondary N) is 1. The summed E-state index contributed by atoms with van der Waals surface area (Å²) >= 11 is 6.13. The van der Waals surface area contributed by atoms with Crippen LogP contribution >= 0.6 is 11.6 Å². The molecule has 0 unspecified atom stereocenters. The Balaban J connectivity index is 2.27. The molecule has 4 nitrogen and oxygen atoms in total. The first-order valence-electron chi connectivity index (χ1n) is 8.13. The number of hydrogen-bond acceptors (Lipinski definition) is 3. The number of rotatable bonds is 5. The van der Waals surface area contributed by atoms with E-state index in [4.69, 9.17) is 16.6 Å². The van der Waals surface area contributed by atoms with E-state index in [1.165, 1.54) is 0 Å². The minimum atomic E-state index is -0.0805. The molecule has 0 saturated heterocycles. The molecule has 124 valence electrons. The van der Waals surface area contributed by atoms with Crippen LogP contribution in [0.15, 0.2) is 53.3 Å². The van der Waals surface area contributed by atoms with Crippen LogP contribution in [0.5, 0.6) is 0 Å². The summed E-state index contributed by atoms with van der Waals surface area (Å²) in [6.45, 7) is 4.99. The number of fused-ring (bicyclic) bond motifs is 1. The van der Waals surface area contributed by atoms with Crippen molar-refractivity contribution in [3.05, 3.63) is 69.7 Å². The van der Waals surface area contributed by atoms with Crippen molar-refractivity contribution in [1.82, 2.24) is 14.9 Å². The van der Waals surface area contributed by atoms with E-state index in [1.54, 1.807) is 22.8 Å². The Morgan fingerprint density at radius 1 is 1.21 bits per heavy atom. The molecule has 1 N–H and O–H groups in total. The predicted octanol–water partition coefficient (Wildman–Crippen LogP) is 4.10. The molecule has 1 heterocycles. The highest BCUT2D eigenvalue weighted by molar-refractivity contribution is 6.30. The summed E-state index contributed by atoms with van der Waals surface area (Å²) in [6.07, 6.45) is 1.01. The highest BCUT2D eigenvalue weighted by Crippen LogP contribution is 2.20. The van der Waals surface area contributed by atoms with E-state index in [1.807, 2.05) is 37.3 Å². The van der Waals surface area contributed by atoms with E-state index in [9.17, 15) is 4.79 Å². The fourth-order valence-electron chi connectivity index (χ4n) is 2.76. The van der Waals surface area contributed by atoms with E-state index < -0.39 is 0 Å². The van der Waals surface area contributed by atoms with Crippen LogP contribution < -0.4 is 10.9 Å². The molecule has 0 radical (unpaired) electrons. The van der Waals surface area contributed by atoms with E-state index in [0.717, 1.165) is 18.7 Å².